The van der Waals surface area contributed by atoms with Crippen LogP contribution in [0, 0.1) is 15.9 Å². The van der Waals surface area contributed by atoms with Crippen LogP contribution in [-0.2, 0) is 20.9 Å². The first-order valence-electron chi connectivity index (χ1n) is 11.2. The van der Waals surface area contributed by atoms with Gasteiger partial charge in [-0.3, -0.25) is 24.6 Å². The number of hydrogen-bond donors (Lipinski definition) is 2. The van der Waals surface area contributed by atoms with Crippen molar-refractivity contribution in [3.63, 3.8) is 0 Å². The van der Waals surface area contributed by atoms with Crippen molar-refractivity contribution < 1.29 is 42.4 Å². The van der Waals surface area contributed by atoms with Gasteiger partial charge in [-0.1, -0.05) is 0 Å². The number of carbonyl (C=O) groups is 4. The van der Waals surface area contributed by atoms with Gasteiger partial charge in [0, 0.05) is 11.8 Å². The number of amides is 4. The number of imide groups is 1. The lowest BCUT2D eigenvalue weighted by molar-refractivity contribution is -0.385. The maximum absolute atomic E-state index is 13.0. The number of urea groups is 1. The number of nitro benzene ring substituents is 1. The number of anilines is 1. The number of furan rings is 1. The van der Waals surface area contributed by atoms with Crippen LogP contribution in [0.3, 0.4) is 0 Å². The van der Waals surface area contributed by atoms with Gasteiger partial charge in [0.25, 0.3) is 11.8 Å². The summed E-state index contributed by atoms with van der Waals surface area (Å²) in [5, 5.41) is 16.6. The van der Waals surface area contributed by atoms with Crippen molar-refractivity contribution in [3.05, 3.63) is 91.7 Å². The first-order valence-corrected chi connectivity index (χ1v) is 12.0. The van der Waals surface area contributed by atoms with Crippen molar-refractivity contribution in [3.8, 4) is 5.75 Å². The molecule has 15 heteroatoms. The van der Waals surface area contributed by atoms with E-state index in [0.29, 0.717) is 5.69 Å². The molecule has 2 heterocycles. The molecule has 0 spiro atoms. The summed E-state index contributed by atoms with van der Waals surface area (Å²) < 4.78 is 28.4. The molecule has 206 valence electrons. The Kier molecular flexibility index (Phi) is 8.23. The summed E-state index contributed by atoms with van der Waals surface area (Å²) in [6, 6.07) is 9.45. The Morgan fingerprint density at radius 3 is 2.60 bits per heavy atom. The molecule has 40 heavy (non-hydrogen) atoms. The fourth-order valence-electron chi connectivity index (χ4n) is 3.54. The van der Waals surface area contributed by atoms with Gasteiger partial charge in [0.05, 0.1) is 23.1 Å². The molecule has 0 radical (unpaired) electrons. The van der Waals surface area contributed by atoms with E-state index in [1.54, 1.807) is 0 Å². The van der Waals surface area contributed by atoms with Crippen molar-refractivity contribution >= 4 is 57.2 Å². The van der Waals surface area contributed by atoms with E-state index in [-0.39, 0.29) is 39.5 Å². The zero-order valence-corrected chi connectivity index (χ0v) is 22.0. The van der Waals surface area contributed by atoms with E-state index in [4.69, 9.17) is 9.15 Å². The number of benzene rings is 2. The van der Waals surface area contributed by atoms with Crippen LogP contribution in [0.4, 0.5) is 20.6 Å². The number of hydrogen-bond acceptors (Lipinski definition) is 9. The van der Waals surface area contributed by atoms with Gasteiger partial charge in [-0.2, -0.15) is 0 Å². The molecule has 4 rings (SSSR count). The number of nitrogens with one attached hydrogen (secondary N) is 2. The Labute approximate surface area is 232 Å². The second kappa shape index (κ2) is 11.8. The third kappa shape index (κ3) is 6.32. The summed E-state index contributed by atoms with van der Waals surface area (Å²) in [6.45, 7) is -0.874. The average molecular weight is 617 g/mol. The summed E-state index contributed by atoms with van der Waals surface area (Å²) in [7, 11) is 1.17. The van der Waals surface area contributed by atoms with Gasteiger partial charge in [0.15, 0.2) is 6.61 Å². The Morgan fingerprint density at radius 1 is 1.20 bits per heavy atom. The number of nitro groups is 1. The van der Waals surface area contributed by atoms with Crippen molar-refractivity contribution in [2.75, 3.05) is 19.0 Å². The molecule has 0 saturated carbocycles. The van der Waals surface area contributed by atoms with Gasteiger partial charge in [0.1, 0.15) is 17.3 Å². The minimum Gasteiger partial charge on any atom is -0.476 e. The van der Waals surface area contributed by atoms with E-state index < -0.39 is 46.8 Å². The molecule has 4 amide bonds. The van der Waals surface area contributed by atoms with E-state index in [1.807, 2.05) is 0 Å². The molecular formula is C25H18BrFN4O9. The third-order valence-corrected chi connectivity index (χ3v) is 5.94. The molecule has 0 bridgehead atoms. The van der Waals surface area contributed by atoms with Crippen molar-refractivity contribution in [2.24, 2.45) is 0 Å². The number of halogens is 2. The lowest BCUT2D eigenvalue weighted by Gasteiger charge is -2.11. The lowest BCUT2D eigenvalue weighted by atomic mass is 10.1. The van der Waals surface area contributed by atoms with Gasteiger partial charge in [0.2, 0.25) is 11.5 Å². The van der Waals surface area contributed by atoms with E-state index in [1.165, 1.54) is 43.5 Å². The first kappa shape index (κ1) is 28.0. The van der Waals surface area contributed by atoms with E-state index in [2.05, 4.69) is 31.3 Å². The lowest BCUT2D eigenvalue weighted by Crippen LogP contribution is -2.30. The minimum absolute atomic E-state index is 0.0997. The molecular weight excluding hydrogens is 599 g/mol. The average Bonchev–Trinajstić information content (AvgIpc) is 3.49. The summed E-state index contributed by atoms with van der Waals surface area (Å²) in [6.07, 6.45) is 1.23. The van der Waals surface area contributed by atoms with Crippen LogP contribution < -0.4 is 15.4 Å². The monoisotopic (exact) mass is 616 g/mol. The van der Waals surface area contributed by atoms with E-state index >= 15 is 0 Å². The summed E-state index contributed by atoms with van der Waals surface area (Å²) >= 11 is 3.18. The normalized spacial score (nSPS) is 13.8. The molecule has 13 nitrogen and oxygen atoms in total. The zero-order chi connectivity index (χ0) is 29.0. The van der Waals surface area contributed by atoms with Crippen LogP contribution in [-0.4, -0.2) is 47.4 Å². The largest absolute Gasteiger partial charge is 0.476 e. The molecule has 1 fully saturated rings. The van der Waals surface area contributed by atoms with Gasteiger partial charge in [-0.25, -0.2) is 14.0 Å². The fraction of sp³-hybridized carbons (Fsp3) is 0.120. The highest BCUT2D eigenvalue weighted by atomic mass is 79.9. The summed E-state index contributed by atoms with van der Waals surface area (Å²) in [5.74, 6) is -2.80. The maximum atomic E-state index is 13.0. The minimum atomic E-state index is -0.770. The van der Waals surface area contributed by atoms with Crippen LogP contribution in [0.25, 0.3) is 6.08 Å². The Bertz CT molecular complexity index is 1550. The van der Waals surface area contributed by atoms with Gasteiger partial charge in [-0.15, -0.1) is 0 Å². The van der Waals surface area contributed by atoms with Crippen LogP contribution in [0.15, 0.2) is 63.1 Å². The number of methoxy groups -OCH3 is 1. The van der Waals surface area contributed by atoms with Crippen molar-refractivity contribution in [2.45, 2.75) is 6.54 Å². The highest BCUT2D eigenvalue weighted by molar-refractivity contribution is 9.10. The molecule has 0 atom stereocenters. The molecule has 3 aromatic rings. The molecule has 0 unspecified atom stereocenters. The van der Waals surface area contributed by atoms with Gasteiger partial charge >= 0.3 is 17.7 Å². The molecule has 1 aliphatic heterocycles. The van der Waals surface area contributed by atoms with Crippen LogP contribution in [0.2, 0.25) is 0 Å². The predicted octanol–water partition coefficient (Wildman–Crippen LogP) is 3.99. The molecule has 2 aromatic carbocycles. The quantitative estimate of drug-likeness (QED) is 0.119. The van der Waals surface area contributed by atoms with Crippen molar-refractivity contribution in [1.29, 1.82) is 0 Å². The number of carbonyl (C=O) groups excluding carboxylic acids is 4. The zero-order valence-electron chi connectivity index (χ0n) is 20.4. The molecule has 1 saturated heterocycles. The van der Waals surface area contributed by atoms with E-state index in [9.17, 15) is 33.7 Å². The van der Waals surface area contributed by atoms with Gasteiger partial charge in [-0.05, 0) is 70.0 Å². The molecule has 1 aliphatic rings. The summed E-state index contributed by atoms with van der Waals surface area (Å²) in [5.41, 5.74) is -0.217. The number of nitrogens with zero attached hydrogens (tertiary/aromatic N) is 2. The van der Waals surface area contributed by atoms with Crippen molar-refractivity contribution in [1.82, 2.24) is 10.2 Å². The molecule has 1 aromatic heterocycles. The predicted molar refractivity (Wildman–Crippen MR) is 138 cm³/mol. The Hall–Kier alpha value is -5.05. The Balaban J connectivity index is 1.48. The summed E-state index contributed by atoms with van der Waals surface area (Å²) in [4.78, 5) is 60.8. The fourth-order valence-corrected chi connectivity index (χ4v) is 4.12. The van der Waals surface area contributed by atoms with E-state index in [0.717, 1.165) is 23.1 Å². The second-order valence-electron chi connectivity index (χ2n) is 8.09. The highest BCUT2D eigenvalue weighted by Gasteiger charge is 2.34. The van der Waals surface area contributed by atoms with Gasteiger partial charge < -0.3 is 24.5 Å². The van der Waals surface area contributed by atoms with Crippen LogP contribution in [0.1, 0.15) is 21.9 Å². The highest BCUT2D eigenvalue weighted by Crippen LogP contribution is 2.37. The number of ether oxygens (including phenoxy) is 2. The topological polar surface area (TPSA) is 170 Å². The number of rotatable bonds is 9. The molecule has 0 aliphatic carbocycles. The van der Waals surface area contributed by atoms with Crippen LogP contribution in [0.5, 0.6) is 5.75 Å². The standard InChI is InChI=1S/C25H18BrFN4O9/c1-38-24(34)20-7-6-16(40-20)11-30-23(33)18(29-25(30)35)9-13-8-17(26)22(19(10-13)31(36)37)39-12-21(32)28-15-4-2-14(27)3-5-15/h2-10H,11-12H2,1H3,(H,28,32)(H,29,35)/b18-9-. The third-order valence-electron chi connectivity index (χ3n) is 5.35. The maximum Gasteiger partial charge on any atom is 0.373 e. The first-order chi connectivity index (χ1) is 19.0. The second-order valence-corrected chi connectivity index (χ2v) is 8.94. The smallest absolute Gasteiger partial charge is 0.373 e. The number of esters is 1. The van der Waals surface area contributed by atoms with Crippen LogP contribution >= 0.6 is 15.9 Å². The SMILES string of the molecule is COC(=O)c1ccc(CN2C(=O)N/C(=C\c3cc(Br)c(OCC(=O)Nc4ccc(F)cc4)c([N+](=O)[O-])c3)C2=O)o1. The molecule has 2 N–H and O–H groups in total. The Morgan fingerprint density at radius 2 is 1.93 bits per heavy atom.